The van der Waals surface area contributed by atoms with Crippen molar-refractivity contribution >= 4 is 35.4 Å². The molecule has 2 N–H and O–H groups in total. The van der Waals surface area contributed by atoms with Crippen molar-refractivity contribution in [1.29, 1.82) is 10.7 Å². The molecule has 9 heteroatoms. The van der Waals surface area contributed by atoms with Crippen molar-refractivity contribution in [3.63, 3.8) is 0 Å². The van der Waals surface area contributed by atoms with Gasteiger partial charge in [0.15, 0.2) is 5.65 Å². The van der Waals surface area contributed by atoms with Crippen LogP contribution in [0.1, 0.15) is 31.7 Å². The summed E-state index contributed by atoms with van der Waals surface area (Å²) in [7, 11) is 0. The maximum absolute atomic E-state index is 12.4. The molecule has 0 saturated carbocycles. The second-order valence-electron chi connectivity index (χ2n) is 6.78. The van der Waals surface area contributed by atoms with Crippen LogP contribution in [0.4, 0.5) is 11.6 Å². The van der Waals surface area contributed by atoms with Gasteiger partial charge in [0, 0.05) is 19.3 Å². The van der Waals surface area contributed by atoms with Gasteiger partial charge in [-0.2, -0.15) is 10.2 Å². The third kappa shape index (κ3) is 5.30. The Hall–Kier alpha value is -4.06. The molecule has 31 heavy (non-hydrogen) atoms. The minimum atomic E-state index is -0.264. The number of hydrogen-bond acceptors (Lipinski definition) is 6. The fourth-order valence-corrected chi connectivity index (χ4v) is 2.98. The lowest BCUT2D eigenvalue weighted by Crippen LogP contribution is -2.19. The zero-order valence-electron chi connectivity index (χ0n) is 17.3. The van der Waals surface area contributed by atoms with Crippen LogP contribution in [0.5, 0.6) is 0 Å². The number of hydrogen-bond donors (Lipinski definition) is 2. The first-order chi connectivity index (χ1) is 15.2. The van der Waals surface area contributed by atoms with Crippen molar-refractivity contribution in [3.8, 4) is 6.07 Å². The van der Waals surface area contributed by atoms with E-state index in [1.165, 1.54) is 11.1 Å². The van der Waals surface area contributed by atoms with Crippen LogP contribution in [0.2, 0.25) is 0 Å². The molecule has 0 radical (unpaired) electrons. The topological polar surface area (TPSA) is 127 Å². The number of fused-ring (bicyclic) bond motifs is 1. The van der Waals surface area contributed by atoms with Crippen LogP contribution >= 0.6 is 0 Å². The monoisotopic (exact) mass is 416 g/mol. The van der Waals surface area contributed by atoms with Gasteiger partial charge in [0.2, 0.25) is 5.95 Å². The quantitative estimate of drug-likeness (QED) is 0.297. The standard InChI is InChI=1S/C22H24N8O/c1-2-3-10-25-11-5-4-6-12-29-20-19(27-22(29)31)15-26-21(28-20)30(16-24)18-9-7-8-17(13-18)14-23/h4-5,7-9,11,13,15-16,24H,2-3,6,10,12H2,1H3,(H,27,31)/b5-4-,24-16?,25-11?. The highest BCUT2D eigenvalue weighted by molar-refractivity contribution is 5.86. The molecule has 0 aliphatic heterocycles. The molecule has 0 unspecified atom stereocenters. The Morgan fingerprint density at radius 1 is 1.42 bits per heavy atom. The summed E-state index contributed by atoms with van der Waals surface area (Å²) in [5.74, 6) is 0.240. The molecule has 0 fully saturated rings. The van der Waals surface area contributed by atoms with Gasteiger partial charge in [0.1, 0.15) is 5.52 Å². The number of unbranched alkanes of at least 4 members (excludes halogenated alkanes) is 1. The molecular formula is C22H24N8O. The molecule has 0 aliphatic carbocycles. The van der Waals surface area contributed by atoms with Crippen molar-refractivity contribution in [2.75, 3.05) is 11.4 Å². The highest BCUT2D eigenvalue weighted by atomic mass is 16.1. The summed E-state index contributed by atoms with van der Waals surface area (Å²) in [5, 5.41) is 16.9. The van der Waals surface area contributed by atoms with E-state index in [0.717, 1.165) is 25.7 Å². The number of aryl methyl sites for hydroxylation is 1. The largest absolute Gasteiger partial charge is 0.327 e. The van der Waals surface area contributed by atoms with Crippen LogP contribution in [-0.4, -0.2) is 38.6 Å². The molecule has 0 atom stereocenters. The molecule has 1 aromatic carbocycles. The SMILES string of the molecule is CCCCN=C/C=C\CCn1c(=O)[nH]c2cnc(N(C=N)c3cccc(C#N)c3)nc21. The van der Waals surface area contributed by atoms with Crippen molar-refractivity contribution in [2.45, 2.75) is 32.7 Å². The first-order valence-corrected chi connectivity index (χ1v) is 10.1. The minimum absolute atomic E-state index is 0.240. The second kappa shape index (κ2) is 10.6. The highest BCUT2D eigenvalue weighted by Gasteiger charge is 2.15. The van der Waals surface area contributed by atoms with Crippen LogP contribution < -0.4 is 10.6 Å². The average molecular weight is 416 g/mol. The predicted octanol–water partition coefficient (Wildman–Crippen LogP) is 3.55. The van der Waals surface area contributed by atoms with Gasteiger partial charge in [0.25, 0.3) is 0 Å². The molecule has 0 saturated heterocycles. The highest BCUT2D eigenvalue weighted by Crippen LogP contribution is 2.22. The molecule has 2 heterocycles. The first kappa shape index (κ1) is 21.6. The molecule has 2 aromatic heterocycles. The van der Waals surface area contributed by atoms with E-state index in [1.54, 1.807) is 35.0 Å². The summed E-state index contributed by atoms with van der Waals surface area (Å²) in [6.45, 7) is 3.40. The molecular weight excluding hydrogens is 392 g/mol. The summed E-state index contributed by atoms with van der Waals surface area (Å²) in [5.41, 5.74) is 1.77. The summed E-state index contributed by atoms with van der Waals surface area (Å²) in [6.07, 6.45) is 11.1. The van der Waals surface area contributed by atoms with Gasteiger partial charge < -0.3 is 4.98 Å². The Morgan fingerprint density at radius 3 is 3.06 bits per heavy atom. The molecule has 0 amide bonds. The third-order valence-corrected chi connectivity index (χ3v) is 4.58. The van der Waals surface area contributed by atoms with Crippen molar-refractivity contribution in [3.05, 3.63) is 58.7 Å². The van der Waals surface area contributed by atoms with E-state index >= 15 is 0 Å². The Balaban J connectivity index is 1.82. The number of anilines is 2. The zero-order chi connectivity index (χ0) is 22.1. The van der Waals surface area contributed by atoms with E-state index in [-0.39, 0.29) is 11.6 Å². The van der Waals surface area contributed by atoms with Crippen LogP contribution in [-0.2, 0) is 6.54 Å². The Labute approximate surface area is 179 Å². The van der Waals surface area contributed by atoms with E-state index in [4.69, 9.17) is 10.7 Å². The minimum Gasteiger partial charge on any atom is -0.303 e. The second-order valence-corrected chi connectivity index (χ2v) is 6.78. The number of H-pyrrole nitrogens is 1. The lowest BCUT2D eigenvalue weighted by atomic mass is 10.2. The molecule has 3 aromatic rings. The molecule has 0 spiro atoms. The molecule has 0 aliphatic rings. The fourth-order valence-electron chi connectivity index (χ4n) is 2.98. The van der Waals surface area contributed by atoms with Crippen molar-refractivity contribution in [2.24, 2.45) is 4.99 Å². The summed E-state index contributed by atoms with van der Waals surface area (Å²) in [4.78, 5) is 29.7. The molecule has 158 valence electrons. The van der Waals surface area contributed by atoms with Gasteiger partial charge in [-0.15, -0.1) is 0 Å². The Bertz CT molecular complexity index is 1200. The number of aromatic amines is 1. The van der Waals surface area contributed by atoms with E-state index in [0.29, 0.717) is 35.4 Å². The number of nitriles is 1. The van der Waals surface area contributed by atoms with Crippen LogP contribution in [0, 0.1) is 16.7 Å². The van der Waals surface area contributed by atoms with Gasteiger partial charge in [-0.3, -0.25) is 19.9 Å². The van der Waals surface area contributed by atoms with E-state index in [9.17, 15) is 4.79 Å². The van der Waals surface area contributed by atoms with Gasteiger partial charge in [0.05, 0.1) is 29.9 Å². The number of benzene rings is 1. The van der Waals surface area contributed by atoms with Gasteiger partial charge in [-0.1, -0.05) is 25.5 Å². The molecule has 3 rings (SSSR count). The number of nitrogens with one attached hydrogen (secondary N) is 2. The summed E-state index contributed by atoms with van der Waals surface area (Å²) >= 11 is 0. The average Bonchev–Trinajstić information content (AvgIpc) is 3.11. The van der Waals surface area contributed by atoms with Crippen molar-refractivity contribution < 1.29 is 0 Å². The Morgan fingerprint density at radius 2 is 2.29 bits per heavy atom. The van der Waals surface area contributed by atoms with Gasteiger partial charge in [-0.25, -0.2) is 9.78 Å². The van der Waals surface area contributed by atoms with Crippen LogP contribution in [0.25, 0.3) is 11.2 Å². The molecule has 9 nitrogen and oxygen atoms in total. The number of nitrogens with zero attached hydrogens (tertiary/aromatic N) is 6. The summed E-state index contributed by atoms with van der Waals surface area (Å²) in [6, 6.07) is 8.90. The smallest absolute Gasteiger partial charge is 0.303 e. The maximum atomic E-state index is 12.4. The van der Waals surface area contributed by atoms with E-state index in [2.05, 4.69) is 32.9 Å². The number of imidazole rings is 1. The number of allylic oxidation sites excluding steroid dienone is 2. The normalized spacial score (nSPS) is 11.4. The first-order valence-electron chi connectivity index (χ1n) is 10.1. The summed E-state index contributed by atoms with van der Waals surface area (Å²) < 4.78 is 1.55. The molecule has 0 bridgehead atoms. The van der Waals surface area contributed by atoms with Crippen molar-refractivity contribution in [1.82, 2.24) is 19.5 Å². The number of aliphatic imine (C=N–C) groups is 1. The van der Waals surface area contributed by atoms with E-state index in [1.807, 2.05) is 12.2 Å². The van der Waals surface area contributed by atoms with Crippen LogP contribution in [0.3, 0.4) is 0 Å². The van der Waals surface area contributed by atoms with Gasteiger partial charge in [-0.05, 0) is 37.1 Å². The lowest BCUT2D eigenvalue weighted by Gasteiger charge is -2.17. The number of rotatable bonds is 10. The zero-order valence-corrected chi connectivity index (χ0v) is 17.3. The lowest BCUT2D eigenvalue weighted by molar-refractivity contribution is 0.697. The number of aromatic nitrogens is 4. The maximum Gasteiger partial charge on any atom is 0.327 e. The van der Waals surface area contributed by atoms with Crippen LogP contribution in [0.15, 0.2) is 52.4 Å². The Kier molecular flexibility index (Phi) is 7.43. The predicted molar refractivity (Wildman–Crippen MR) is 122 cm³/mol. The third-order valence-electron chi connectivity index (χ3n) is 4.58. The fraction of sp³-hybridized carbons (Fsp3) is 0.273. The van der Waals surface area contributed by atoms with E-state index < -0.39 is 0 Å². The van der Waals surface area contributed by atoms with Gasteiger partial charge >= 0.3 is 5.69 Å².